The van der Waals surface area contributed by atoms with Crippen molar-refractivity contribution in [3.05, 3.63) is 85.7 Å². The molecule has 0 aliphatic rings. The predicted octanol–water partition coefficient (Wildman–Crippen LogP) is 4.83. The summed E-state index contributed by atoms with van der Waals surface area (Å²) in [5, 5.41) is 9.14. The minimum Gasteiger partial charge on any atom is -0.427 e. The van der Waals surface area contributed by atoms with E-state index in [1.807, 2.05) is 42.5 Å². The Morgan fingerprint density at radius 2 is 1.66 bits per heavy atom. The van der Waals surface area contributed by atoms with Crippen LogP contribution in [0.5, 0.6) is 5.75 Å². The Labute approximate surface area is 177 Å². The zero-order chi connectivity index (χ0) is 21.0. The van der Waals surface area contributed by atoms with Crippen molar-refractivity contribution < 1.29 is 9.53 Å². The number of halogens is 1. The van der Waals surface area contributed by atoms with E-state index in [0.717, 1.165) is 21.2 Å². The summed E-state index contributed by atoms with van der Waals surface area (Å²) in [5.41, 5.74) is 3.86. The van der Waals surface area contributed by atoms with Crippen LogP contribution in [0.4, 0.5) is 0 Å². The van der Waals surface area contributed by atoms with Gasteiger partial charge >= 0.3 is 5.97 Å². The lowest BCUT2D eigenvalue weighted by Crippen LogP contribution is -2.18. The number of esters is 1. The van der Waals surface area contributed by atoms with Crippen molar-refractivity contribution in [2.45, 2.75) is 26.7 Å². The second-order valence-corrected chi connectivity index (χ2v) is 7.59. The van der Waals surface area contributed by atoms with Crippen molar-refractivity contribution in [3.63, 3.8) is 0 Å². The van der Waals surface area contributed by atoms with Crippen LogP contribution in [0, 0.1) is 25.2 Å². The van der Waals surface area contributed by atoms with Crippen LogP contribution in [0.25, 0.3) is 11.1 Å². The van der Waals surface area contributed by atoms with E-state index < -0.39 is 5.56 Å². The molecule has 0 spiro atoms. The number of aromatic nitrogens is 1. The van der Waals surface area contributed by atoms with Gasteiger partial charge in [-0.3, -0.25) is 9.59 Å². The van der Waals surface area contributed by atoms with Crippen LogP contribution < -0.4 is 10.3 Å². The first-order valence-corrected chi connectivity index (χ1v) is 9.87. The molecule has 0 bridgehead atoms. The third kappa shape index (κ3) is 4.82. The second-order valence-electron chi connectivity index (χ2n) is 6.67. The summed E-state index contributed by atoms with van der Waals surface area (Å²) in [5.74, 6) is 0.105. The van der Waals surface area contributed by atoms with Crippen LogP contribution in [-0.2, 0) is 11.2 Å². The van der Waals surface area contributed by atoms with Crippen LogP contribution in [-0.4, -0.2) is 11.0 Å². The van der Waals surface area contributed by atoms with E-state index >= 15 is 0 Å². The fourth-order valence-electron chi connectivity index (χ4n) is 3.19. The normalized spacial score (nSPS) is 10.4. The van der Waals surface area contributed by atoms with Gasteiger partial charge in [0.25, 0.3) is 5.56 Å². The number of nitrogens with zero attached hydrogens (tertiary/aromatic N) is 1. The fourth-order valence-corrected chi connectivity index (χ4v) is 3.45. The highest BCUT2D eigenvalue weighted by Gasteiger charge is 2.14. The lowest BCUT2D eigenvalue weighted by atomic mass is 9.99. The Hall–Kier alpha value is -3.17. The molecule has 146 valence electrons. The van der Waals surface area contributed by atoms with Gasteiger partial charge < -0.3 is 9.72 Å². The van der Waals surface area contributed by atoms with E-state index in [-0.39, 0.29) is 18.0 Å². The van der Waals surface area contributed by atoms with Crippen LogP contribution in [0.2, 0.25) is 0 Å². The highest BCUT2D eigenvalue weighted by molar-refractivity contribution is 9.10. The zero-order valence-electron chi connectivity index (χ0n) is 16.1. The molecule has 3 rings (SSSR count). The fraction of sp³-hybridized carbons (Fsp3) is 0.174. The topological polar surface area (TPSA) is 83.0 Å². The average molecular weight is 451 g/mol. The minimum absolute atomic E-state index is 0.0856. The summed E-state index contributed by atoms with van der Waals surface area (Å²) in [4.78, 5) is 26.7. The van der Waals surface area contributed by atoms with E-state index in [9.17, 15) is 9.59 Å². The molecule has 3 aromatic rings. The molecule has 5 nitrogen and oxygen atoms in total. The van der Waals surface area contributed by atoms with E-state index in [4.69, 9.17) is 10.00 Å². The van der Waals surface area contributed by atoms with E-state index in [2.05, 4.69) is 20.9 Å². The first-order chi connectivity index (χ1) is 13.9. The summed E-state index contributed by atoms with van der Waals surface area (Å²) in [6.45, 7) is 3.49. The number of H-pyrrole nitrogens is 1. The number of benzene rings is 2. The zero-order valence-corrected chi connectivity index (χ0v) is 17.7. The molecular weight excluding hydrogens is 432 g/mol. The number of aromatic amines is 1. The molecule has 6 heteroatoms. The Balaban J connectivity index is 1.65. The van der Waals surface area contributed by atoms with Gasteiger partial charge in [0, 0.05) is 10.2 Å². The third-order valence-corrected chi connectivity index (χ3v) is 5.29. The van der Waals surface area contributed by atoms with Gasteiger partial charge in [-0.15, -0.1) is 0 Å². The van der Waals surface area contributed by atoms with Crippen LogP contribution in [0.1, 0.15) is 28.8 Å². The number of pyridine rings is 1. The van der Waals surface area contributed by atoms with E-state index in [1.165, 1.54) is 0 Å². The maximum absolute atomic E-state index is 12.3. The molecule has 0 saturated carbocycles. The van der Waals surface area contributed by atoms with Crippen molar-refractivity contribution in [2.75, 3.05) is 0 Å². The third-order valence-electron chi connectivity index (χ3n) is 4.76. The van der Waals surface area contributed by atoms with Crippen molar-refractivity contribution in [2.24, 2.45) is 0 Å². The first-order valence-electron chi connectivity index (χ1n) is 9.08. The van der Waals surface area contributed by atoms with E-state index in [1.54, 1.807) is 26.0 Å². The standard InChI is InChI=1S/C23H19BrN2O3/c1-14-20(15(2)26-23(28)21(14)13-25)11-12-22(27)29-19-9-5-17(6-10-19)16-3-7-18(24)8-4-16/h3-10H,11-12H2,1-2H3,(H,26,28). The Kier molecular flexibility index (Phi) is 6.30. The van der Waals surface area contributed by atoms with Gasteiger partial charge in [-0.2, -0.15) is 5.26 Å². The first kappa shape index (κ1) is 20.6. The molecule has 0 aliphatic heterocycles. The Bertz CT molecular complexity index is 1140. The lowest BCUT2D eigenvalue weighted by molar-refractivity contribution is -0.134. The highest BCUT2D eigenvalue weighted by Crippen LogP contribution is 2.24. The number of nitriles is 1. The molecule has 0 radical (unpaired) electrons. The van der Waals surface area contributed by atoms with Gasteiger partial charge in [0.1, 0.15) is 17.4 Å². The molecule has 0 fully saturated rings. The minimum atomic E-state index is -0.403. The number of ether oxygens (including phenoxy) is 1. The number of hydrogen-bond donors (Lipinski definition) is 1. The van der Waals surface area contributed by atoms with Crippen LogP contribution in [0.3, 0.4) is 0 Å². The summed E-state index contributed by atoms with van der Waals surface area (Å²) >= 11 is 3.42. The molecule has 1 aromatic heterocycles. The summed E-state index contributed by atoms with van der Waals surface area (Å²) < 4.78 is 6.44. The summed E-state index contributed by atoms with van der Waals surface area (Å²) in [7, 11) is 0. The number of carbonyl (C=O) groups is 1. The monoisotopic (exact) mass is 450 g/mol. The number of carbonyl (C=O) groups excluding carboxylic acids is 1. The highest BCUT2D eigenvalue weighted by atomic mass is 79.9. The quantitative estimate of drug-likeness (QED) is 0.445. The lowest BCUT2D eigenvalue weighted by Gasteiger charge is -2.11. The van der Waals surface area contributed by atoms with Gasteiger partial charge in [0.05, 0.1) is 6.42 Å². The number of hydrogen-bond acceptors (Lipinski definition) is 4. The summed E-state index contributed by atoms with van der Waals surface area (Å²) in [6, 6.07) is 17.2. The Morgan fingerprint density at radius 1 is 1.07 bits per heavy atom. The van der Waals surface area contributed by atoms with Crippen LogP contribution in [0.15, 0.2) is 57.8 Å². The molecule has 0 unspecified atom stereocenters. The molecule has 29 heavy (non-hydrogen) atoms. The second kappa shape index (κ2) is 8.89. The molecule has 0 saturated heterocycles. The molecular formula is C23H19BrN2O3. The molecule has 0 atom stereocenters. The van der Waals surface area contributed by atoms with Gasteiger partial charge in [0.15, 0.2) is 0 Å². The average Bonchev–Trinajstić information content (AvgIpc) is 2.69. The Morgan fingerprint density at radius 3 is 2.24 bits per heavy atom. The van der Waals surface area contributed by atoms with Crippen molar-refractivity contribution in [1.82, 2.24) is 4.98 Å². The maximum Gasteiger partial charge on any atom is 0.311 e. The molecule has 1 heterocycles. The summed E-state index contributed by atoms with van der Waals surface area (Å²) in [6.07, 6.45) is 0.534. The number of aryl methyl sites for hydroxylation is 1. The number of rotatable bonds is 5. The van der Waals surface area contributed by atoms with Crippen molar-refractivity contribution >= 4 is 21.9 Å². The molecule has 0 amide bonds. The molecule has 1 N–H and O–H groups in total. The van der Waals surface area contributed by atoms with Crippen molar-refractivity contribution in [3.8, 4) is 22.9 Å². The van der Waals surface area contributed by atoms with Gasteiger partial charge in [-0.05, 0) is 66.8 Å². The molecule has 2 aromatic carbocycles. The van der Waals surface area contributed by atoms with Gasteiger partial charge in [0.2, 0.25) is 0 Å². The van der Waals surface area contributed by atoms with E-state index in [0.29, 0.717) is 23.4 Å². The van der Waals surface area contributed by atoms with Gasteiger partial charge in [-0.1, -0.05) is 40.2 Å². The van der Waals surface area contributed by atoms with Gasteiger partial charge in [-0.25, -0.2) is 0 Å². The van der Waals surface area contributed by atoms with Crippen molar-refractivity contribution in [1.29, 1.82) is 5.26 Å². The van der Waals surface area contributed by atoms with Crippen LogP contribution >= 0.6 is 15.9 Å². The molecule has 0 aliphatic carbocycles. The SMILES string of the molecule is Cc1[nH]c(=O)c(C#N)c(C)c1CCC(=O)Oc1ccc(-c2ccc(Br)cc2)cc1. The maximum atomic E-state index is 12.3. The predicted molar refractivity (Wildman–Crippen MR) is 115 cm³/mol. The number of nitrogens with one attached hydrogen (secondary N) is 1. The largest absolute Gasteiger partial charge is 0.427 e. The smallest absolute Gasteiger partial charge is 0.311 e.